The van der Waals surface area contributed by atoms with E-state index >= 15 is 0 Å². The van der Waals surface area contributed by atoms with Gasteiger partial charge in [0.05, 0.1) is 6.04 Å². The van der Waals surface area contributed by atoms with Crippen LogP contribution in [0.2, 0.25) is 0 Å². The Morgan fingerprint density at radius 2 is 1.66 bits per heavy atom. The molecule has 1 N–H and O–H groups in total. The second-order valence-electron chi connectivity index (χ2n) is 6.06. The molecule has 0 spiro atoms. The molecule has 1 heterocycles. The van der Waals surface area contributed by atoms with Crippen LogP contribution >= 0.6 is 11.3 Å². The van der Waals surface area contributed by atoms with E-state index in [4.69, 9.17) is 4.74 Å². The Hall–Kier alpha value is -3.32. The normalized spacial score (nSPS) is 11.9. The molecule has 0 bridgehead atoms. The Bertz CT molecular complexity index is 984. The number of ether oxygens (including phenoxy) is 1. The van der Waals surface area contributed by atoms with Crippen molar-refractivity contribution >= 4 is 29.3 Å². The van der Waals surface area contributed by atoms with Crippen LogP contribution in [0.4, 0.5) is 8.78 Å². The SMILES string of the molecule is O=C(COC(=O)/C=C/c1ccc(F)cc1)NC(c1ccc(F)cc1)c1cccs1. The molecule has 1 aromatic heterocycles. The van der Waals surface area contributed by atoms with E-state index in [-0.39, 0.29) is 11.6 Å². The molecule has 0 fully saturated rings. The lowest BCUT2D eigenvalue weighted by atomic mass is 10.1. The molecule has 3 aromatic rings. The molecule has 0 aliphatic heterocycles. The smallest absolute Gasteiger partial charge is 0.331 e. The van der Waals surface area contributed by atoms with E-state index in [2.05, 4.69) is 5.32 Å². The van der Waals surface area contributed by atoms with Gasteiger partial charge in [0.15, 0.2) is 6.61 Å². The minimum absolute atomic E-state index is 0.369. The monoisotopic (exact) mass is 413 g/mol. The average Bonchev–Trinajstić information content (AvgIpc) is 3.25. The van der Waals surface area contributed by atoms with Crippen LogP contribution in [0.3, 0.4) is 0 Å². The van der Waals surface area contributed by atoms with E-state index in [9.17, 15) is 18.4 Å². The van der Waals surface area contributed by atoms with Crippen molar-refractivity contribution in [3.05, 3.63) is 99.8 Å². The van der Waals surface area contributed by atoms with E-state index < -0.39 is 24.5 Å². The largest absolute Gasteiger partial charge is 0.452 e. The van der Waals surface area contributed by atoms with Crippen LogP contribution in [0.1, 0.15) is 22.0 Å². The number of halogens is 2. The molecule has 1 amide bonds. The molecular weight excluding hydrogens is 396 g/mol. The van der Waals surface area contributed by atoms with Crippen molar-refractivity contribution in [1.82, 2.24) is 5.32 Å². The first kappa shape index (κ1) is 20.4. The van der Waals surface area contributed by atoms with Gasteiger partial charge in [-0.15, -0.1) is 11.3 Å². The third-order valence-electron chi connectivity index (χ3n) is 3.96. The molecule has 4 nitrogen and oxygen atoms in total. The molecule has 0 radical (unpaired) electrons. The number of benzene rings is 2. The minimum atomic E-state index is -0.695. The van der Waals surface area contributed by atoms with Crippen LogP contribution in [0.15, 0.2) is 72.1 Å². The lowest BCUT2D eigenvalue weighted by molar-refractivity contribution is -0.143. The highest BCUT2D eigenvalue weighted by Gasteiger charge is 2.18. The van der Waals surface area contributed by atoms with Crippen molar-refractivity contribution in [2.75, 3.05) is 6.61 Å². The summed E-state index contributed by atoms with van der Waals surface area (Å²) >= 11 is 1.45. The van der Waals surface area contributed by atoms with Gasteiger partial charge in [0.1, 0.15) is 11.6 Å². The van der Waals surface area contributed by atoms with Crippen molar-refractivity contribution in [2.24, 2.45) is 0 Å². The second kappa shape index (κ2) is 9.75. The second-order valence-corrected chi connectivity index (χ2v) is 7.04. The molecule has 0 saturated heterocycles. The van der Waals surface area contributed by atoms with E-state index in [1.165, 1.54) is 53.8 Å². The van der Waals surface area contributed by atoms with Crippen molar-refractivity contribution in [3.8, 4) is 0 Å². The molecule has 2 aromatic carbocycles. The van der Waals surface area contributed by atoms with Gasteiger partial charge in [-0.1, -0.05) is 30.3 Å². The summed E-state index contributed by atoms with van der Waals surface area (Å²) < 4.78 is 31.0. The Morgan fingerprint density at radius 3 is 2.28 bits per heavy atom. The zero-order valence-electron chi connectivity index (χ0n) is 15.2. The van der Waals surface area contributed by atoms with E-state index in [0.29, 0.717) is 11.1 Å². The summed E-state index contributed by atoms with van der Waals surface area (Å²) in [7, 11) is 0. The molecule has 148 valence electrons. The summed E-state index contributed by atoms with van der Waals surface area (Å²) in [6, 6.07) is 14.6. The van der Waals surface area contributed by atoms with Gasteiger partial charge in [-0.2, -0.15) is 0 Å². The minimum Gasteiger partial charge on any atom is -0.452 e. The first-order valence-electron chi connectivity index (χ1n) is 8.70. The van der Waals surface area contributed by atoms with Crippen LogP contribution in [0.25, 0.3) is 6.08 Å². The van der Waals surface area contributed by atoms with Gasteiger partial charge in [-0.3, -0.25) is 4.79 Å². The summed E-state index contributed by atoms with van der Waals surface area (Å²) in [4.78, 5) is 25.0. The highest BCUT2D eigenvalue weighted by Crippen LogP contribution is 2.26. The predicted octanol–water partition coefficient (Wildman–Crippen LogP) is 4.49. The third kappa shape index (κ3) is 6.08. The summed E-state index contributed by atoms with van der Waals surface area (Å²) in [5.41, 5.74) is 1.34. The lowest BCUT2D eigenvalue weighted by Crippen LogP contribution is -2.32. The molecule has 1 atom stereocenters. The van der Waals surface area contributed by atoms with Crippen LogP contribution in [-0.2, 0) is 14.3 Å². The fourth-order valence-corrected chi connectivity index (χ4v) is 3.36. The highest BCUT2D eigenvalue weighted by molar-refractivity contribution is 7.10. The Kier molecular flexibility index (Phi) is 6.86. The summed E-state index contributed by atoms with van der Waals surface area (Å²) in [5, 5.41) is 4.67. The quantitative estimate of drug-likeness (QED) is 0.459. The van der Waals surface area contributed by atoms with Crippen LogP contribution in [0, 0.1) is 11.6 Å². The predicted molar refractivity (Wildman–Crippen MR) is 107 cm³/mol. The van der Waals surface area contributed by atoms with Crippen LogP contribution in [-0.4, -0.2) is 18.5 Å². The molecule has 3 rings (SSSR count). The fraction of sp³-hybridized carbons (Fsp3) is 0.0909. The van der Waals surface area contributed by atoms with Crippen molar-refractivity contribution < 1.29 is 23.1 Å². The summed E-state index contributed by atoms with van der Waals surface area (Å²) in [5.74, 6) is -1.93. The maximum absolute atomic E-state index is 13.2. The van der Waals surface area contributed by atoms with E-state index in [1.807, 2.05) is 17.5 Å². The first-order chi connectivity index (χ1) is 14.0. The Morgan fingerprint density at radius 1 is 1.00 bits per heavy atom. The molecule has 7 heteroatoms. The van der Waals surface area contributed by atoms with Gasteiger partial charge in [-0.05, 0) is 52.9 Å². The zero-order valence-corrected chi connectivity index (χ0v) is 16.0. The number of hydrogen-bond donors (Lipinski definition) is 1. The molecule has 0 saturated carbocycles. The van der Waals surface area contributed by atoms with Gasteiger partial charge >= 0.3 is 5.97 Å². The van der Waals surface area contributed by atoms with E-state index in [0.717, 1.165) is 11.0 Å². The number of hydrogen-bond acceptors (Lipinski definition) is 4. The fourth-order valence-electron chi connectivity index (χ4n) is 2.56. The number of rotatable bonds is 7. The summed E-state index contributed by atoms with van der Waals surface area (Å²) in [6.07, 6.45) is 2.63. The molecular formula is C22H17F2NO3S. The van der Waals surface area contributed by atoms with Crippen molar-refractivity contribution in [3.63, 3.8) is 0 Å². The van der Waals surface area contributed by atoms with E-state index in [1.54, 1.807) is 12.1 Å². The number of nitrogens with one attached hydrogen (secondary N) is 1. The lowest BCUT2D eigenvalue weighted by Gasteiger charge is -2.18. The molecule has 29 heavy (non-hydrogen) atoms. The van der Waals surface area contributed by atoms with Crippen molar-refractivity contribution in [2.45, 2.75) is 6.04 Å². The number of thiophene rings is 1. The third-order valence-corrected chi connectivity index (χ3v) is 4.90. The number of carbonyl (C=O) groups is 2. The standard InChI is InChI=1S/C22H17F2NO3S/c23-17-8-3-15(4-9-17)5-12-21(27)28-14-20(26)25-22(19-2-1-13-29-19)16-6-10-18(24)11-7-16/h1-13,22H,14H2,(H,25,26)/b12-5+. The maximum Gasteiger partial charge on any atom is 0.331 e. The summed E-state index contributed by atoms with van der Waals surface area (Å²) in [6.45, 7) is -0.463. The molecule has 1 unspecified atom stereocenters. The number of amides is 1. The van der Waals surface area contributed by atoms with Crippen molar-refractivity contribution in [1.29, 1.82) is 0 Å². The maximum atomic E-state index is 13.2. The van der Waals surface area contributed by atoms with Gasteiger partial charge in [0, 0.05) is 11.0 Å². The molecule has 0 aliphatic carbocycles. The van der Waals surface area contributed by atoms with Crippen LogP contribution < -0.4 is 5.32 Å². The van der Waals surface area contributed by atoms with Gasteiger partial charge < -0.3 is 10.1 Å². The van der Waals surface area contributed by atoms with Gasteiger partial charge in [0.2, 0.25) is 0 Å². The topological polar surface area (TPSA) is 55.4 Å². The Labute approximate surface area is 170 Å². The van der Waals surface area contributed by atoms with Crippen LogP contribution in [0.5, 0.6) is 0 Å². The van der Waals surface area contributed by atoms with Gasteiger partial charge in [-0.25, -0.2) is 13.6 Å². The number of carbonyl (C=O) groups excluding carboxylic acids is 2. The first-order valence-corrected chi connectivity index (χ1v) is 9.58. The Balaban J connectivity index is 1.58. The highest BCUT2D eigenvalue weighted by atomic mass is 32.1. The number of esters is 1. The van der Waals surface area contributed by atoms with Gasteiger partial charge in [0.25, 0.3) is 5.91 Å². The molecule has 0 aliphatic rings. The zero-order chi connectivity index (χ0) is 20.6. The average molecular weight is 413 g/mol.